The Balaban J connectivity index is 0.000000103. The molecule has 5 aromatic heterocycles. The number of methoxy groups -OCH3 is 3. The molecule has 11 fully saturated rings. The molecule has 728 valence electrons. The van der Waals surface area contributed by atoms with Crippen LogP contribution in [0.15, 0.2) is 222 Å². The van der Waals surface area contributed by atoms with Crippen molar-refractivity contribution in [3.63, 3.8) is 0 Å². The number of rotatable bonds is 9. The van der Waals surface area contributed by atoms with E-state index in [1.54, 1.807) is 74.7 Å². The quantitative estimate of drug-likeness (QED) is 0.109. The molecule has 0 aromatic carbocycles. The van der Waals surface area contributed by atoms with Gasteiger partial charge in [-0.25, -0.2) is 4.98 Å². The van der Waals surface area contributed by atoms with Crippen molar-refractivity contribution in [2.24, 2.45) is 131 Å². The van der Waals surface area contributed by atoms with Crippen molar-refractivity contribution in [1.82, 2.24) is 29.5 Å². The number of aliphatic hydroxyl groups is 1. The molecule has 0 radical (unpaired) electrons. The zero-order valence-corrected chi connectivity index (χ0v) is 85.5. The molecular formula is C124H154N6O8. The second kappa shape index (κ2) is 36.2. The predicted molar refractivity (Wildman–Crippen MR) is 551 cm³/mol. The van der Waals surface area contributed by atoms with Gasteiger partial charge in [0.1, 0.15) is 23.4 Å². The molecular weight excluding hydrogens is 1700 g/mol. The second-order valence-electron chi connectivity index (χ2n) is 48.8. The van der Waals surface area contributed by atoms with E-state index in [0.717, 1.165) is 112 Å². The molecule has 0 amide bonds. The van der Waals surface area contributed by atoms with Crippen molar-refractivity contribution in [2.45, 2.75) is 301 Å². The molecule has 5 heterocycles. The second-order valence-corrected chi connectivity index (χ2v) is 48.8. The first-order chi connectivity index (χ1) is 66.3. The lowest BCUT2D eigenvalue weighted by Gasteiger charge is -2.61. The number of allylic oxidation sites excluding steroid dienone is 25. The summed E-state index contributed by atoms with van der Waals surface area (Å²) in [6.45, 7) is 28.7. The first-order valence-corrected chi connectivity index (χ1v) is 53.8. The summed E-state index contributed by atoms with van der Waals surface area (Å²) in [5.74, 6) is 12.0. The highest BCUT2D eigenvalue weighted by molar-refractivity contribution is 5.93. The number of aliphatic hydroxyl groups excluding tert-OH is 1. The van der Waals surface area contributed by atoms with Gasteiger partial charge in [0.15, 0.2) is 11.6 Å². The Labute approximate surface area is 823 Å². The fraction of sp³-hybridized carbons (Fsp3) is 0.581. The number of ketones is 2. The summed E-state index contributed by atoms with van der Waals surface area (Å²) >= 11 is 0. The Morgan fingerprint density at radius 1 is 0.413 bits per heavy atom. The van der Waals surface area contributed by atoms with Crippen LogP contribution in [0.5, 0.6) is 17.2 Å². The normalized spacial score (nSPS) is 39.7. The van der Waals surface area contributed by atoms with E-state index in [-0.39, 0.29) is 61.5 Å². The zero-order valence-electron chi connectivity index (χ0n) is 85.5. The van der Waals surface area contributed by atoms with Crippen LogP contribution >= 0.6 is 0 Å². The van der Waals surface area contributed by atoms with Crippen LogP contribution in [0, 0.1) is 131 Å². The van der Waals surface area contributed by atoms with Crippen LogP contribution in [-0.4, -0.2) is 85.7 Å². The summed E-state index contributed by atoms with van der Waals surface area (Å²) in [6.07, 6.45) is 89.1. The lowest BCUT2D eigenvalue weighted by Crippen LogP contribution is -2.57. The fourth-order valence-corrected chi connectivity index (χ4v) is 34.8. The summed E-state index contributed by atoms with van der Waals surface area (Å²) in [7, 11) is 5.12. The number of hydrogen-bond donors (Lipinski definition) is 1. The van der Waals surface area contributed by atoms with Gasteiger partial charge in [0.2, 0.25) is 0 Å². The van der Waals surface area contributed by atoms with Gasteiger partial charge in [-0.3, -0.25) is 34.3 Å². The van der Waals surface area contributed by atoms with Gasteiger partial charge in [0, 0.05) is 119 Å². The SMILES string of the molecule is CC(=O)OC1C[C@@H]2C(CC[C@]3(C)C(n4ccnc4)=CC[C@@H]23)[C@@]2(C)CCCCC12.COc1cncc(C2=CC=C3[C@@H]4CC=C5C[C@@H](C)CC[C@]5(C)C4CC[C@]23C)c1.COc1cncc(C2=CC=C3[C@@H]4CC=C5C[C@@H](O)CC[C@]5(C)C4CC[C@]23C)c1.COc1cncc(C2=CC=C3[C@@H]4CCC5=CC(=O)CC[C@]5(C)C4CC[C@]23C)c1.C[C@]12CCC3[C@@H](CCC4=CC(=O)CC[C@@]43C)C1=CC=C2c1cccnc1. The van der Waals surface area contributed by atoms with Crippen LogP contribution in [0.4, 0.5) is 0 Å². The summed E-state index contributed by atoms with van der Waals surface area (Å²) < 4.78 is 24.5. The largest absolute Gasteiger partial charge is 0.495 e. The van der Waals surface area contributed by atoms with Gasteiger partial charge < -0.3 is 28.6 Å². The third-order valence-corrected chi connectivity index (χ3v) is 42.5. The van der Waals surface area contributed by atoms with E-state index in [1.807, 2.05) is 61.7 Å². The van der Waals surface area contributed by atoms with Crippen molar-refractivity contribution >= 4 is 45.5 Å². The minimum Gasteiger partial charge on any atom is -0.495 e. The molecule has 11 saturated carbocycles. The van der Waals surface area contributed by atoms with E-state index in [9.17, 15) is 19.5 Å². The van der Waals surface area contributed by atoms with Crippen LogP contribution in [0.1, 0.15) is 311 Å². The summed E-state index contributed by atoms with van der Waals surface area (Å²) in [6, 6.07) is 10.6. The van der Waals surface area contributed by atoms with E-state index in [4.69, 9.17) is 18.9 Å². The summed E-state index contributed by atoms with van der Waals surface area (Å²) in [5.41, 5.74) is 26.9. The van der Waals surface area contributed by atoms with E-state index in [0.29, 0.717) is 81.6 Å². The molecule has 14 nitrogen and oxygen atoms in total. The first-order valence-electron chi connectivity index (χ1n) is 53.8. The molecule has 25 atom stereocenters. The summed E-state index contributed by atoms with van der Waals surface area (Å²) in [4.78, 5) is 57.7. The molecule has 0 saturated heterocycles. The number of carbonyl (C=O) groups excluding carboxylic acids is 3. The number of carbonyl (C=O) groups is 3. The van der Waals surface area contributed by atoms with Crippen LogP contribution in [0.25, 0.3) is 28.0 Å². The summed E-state index contributed by atoms with van der Waals surface area (Å²) in [5, 5.41) is 10.2. The number of ether oxygens (including phenoxy) is 4. The fourth-order valence-electron chi connectivity index (χ4n) is 34.8. The molecule has 14 heteroatoms. The van der Waals surface area contributed by atoms with E-state index >= 15 is 0 Å². The average molecular weight is 1860 g/mol. The van der Waals surface area contributed by atoms with Gasteiger partial charge in [-0.2, -0.15) is 0 Å². The van der Waals surface area contributed by atoms with E-state index < -0.39 is 0 Å². The van der Waals surface area contributed by atoms with Crippen LogP contribution in [-0.2, 0) is 19.1 Å². The van der Waals surface area contributed by atoms with Crippen molar-refractivity contribution < 1.29 is 38.4 Å². The van der Waals surface area contributed by atoms with Crippen LogP contribution < -0.4 is 14.2 Å². The number of aromatic nitrogens is 6. The van der Waals surface area contributed by atoms with E-state index in [1.165, 1.54) is 195 Å². The molecule has 5 aromatic rings. The van der Waals surface area contributed by atoms with E-state index in [2.05, 4.69) is 203 Å². The topological polar surface area (TPSA) is 178 Å². The van der Waals surface area contributed by atoms with Crippen LogP contribution in [0.2, 0.25) is 0 Å². The smallest absolute Gasteiger partial charge is 0.302 e. The first kappa shape index (κ1) is 94.8. The lowest BCUT2D eigenvalue weighted by molar-refractivity contribution is -0.180. The maximum absolute atomic E-state index is 12.0. The average Bonchev–Trinajstić information content (AvgIpc) is 1.39. The monoisotopic (exact) mass is 1860 g/mol. The number of nitrogens with zero attached hydrogens (tertiary/aromatic N) is 6. The number of esters is 1. The molecule has 0 spiro atoms. The number of hydrogen-bond acceptors (Lipinski definition) is 13. The Bertz CT molecular complexity index is 5920. The third-order valence-electron chi connectivity index (χ3n) is 42.5. The van der Waals surface area contributed by atoms with Crippen molar-refractivity contribution in [1.29, 1.82) is 0 Å². The van der Waals surface area contributed by atoms with Gasteiger partial charge in [0.25, 0.3) is 0 Å². The maximum atomic E-state index is 12.0. The zero-order chi connectivity index (χ0) is 96.0. The van der Waals surface area contributed by atoms with Gasteiger partial charge in [-0.05, 0) is 342 Å². The molecule has 0 aliphatic heterocycles. The minimum absolute atomic E-state index is 0.0945. The standard InChI is InChI=1S/C26H33NO.C25H31NO2.C25H29NO2.C24H34N2O2.C24H27NO/c1-17-9-11-25(2)19(13-17)5-6-21-23-8-7-22(26(23,3)12-10-24(21)25)18-14-20(28-4)16-27-15-18;2*1-24-10-8-18(27)13-17(24)4-5-20-22-7-6-21(25(22,2)11-9-23(20)24)16-12-19(28-3)15-26-14-16;1-16(27)28-21-14-17-18-7-8-22(26-13-12-25-15-26)24(18,3)11-9-19(17)23(2)10-5-4-6-20(21)23;1-23-11-9-18(26)14-17(23)5-6-19-21-8-7-20(16-4-3-13-25-15-16)24(21,2)12-10-22(19)23/h5,7-8,14-17,21,24H,6,9-13H2,1-4H3;4,6-7,12,14-15,18,20,23,27H,5,8-11,13H2,1-3H3;6-7,12-15,20,23H,4-5,8-11H2,1-3H3;8,12-13,15,17-21H,4-7,9-11,14H2,1-3H3;3-4,7-8,13-15,19,22H,5-6,9-12H2,1-2H3/t17-,21-,24?,25-,26+;18-,20-,23?,24-,25+;20-,23?,24-,25+;17-,18-,19?,20?,21?,23+,24-;19-,22?,23-,24+/m00000/s1. The maximum Gasteiger partial charge on any atom is 0.302 e. The van der Waals surface area contributed by atoms with Gasteiger partial charge in [-0.15, -0.1) is 0 Å². The van der Waals surface area contributed by atoms with Gasteiger partial charge >= 0.3 is 5.97 Å². The van der Waals surface area contributed by atoms with Crippen molar-refractivity contribution in [3.05, 3.63) is 244 Å². The van der Waals surface area contributed by atoms with Gasteiger partial charge in [0.05, 0.1) is 52.4 Å². The highest BCUT2D eigenvalue weighted by atomic mass is 16.5. The highest BCUT2D eigenvalue weighted by Crippen LogP contribution is 2.73. The molecule has 20 aliphatic rings. The molecule has 25 rings (SSSR count). The number of pyridine rings is 4. The number of imidazole rings is 1. The molecule has 20 aliphatic carbocycles. The Hall–Kier alpha value is -9.40. The van der Waals surface area contributed by atoms with Gasteiger partial charge in [-0.1, -0.05) is 206 Å². The minimum atomic E-state index is -0.135. The van der Waals surface area contributed by atoms with Crippen molar-refractivity contribution in [2.75, 3.05) is 21.3 Å². The Kier molecular flexibility index (Phi) is 24.9. The Morgan fingerprint density at radius 3 is 1.33 bits per heavy atom. The molecule has 7 unspecified atom stereocenters. The Morgan fingerprint density at radius 2 is 0.862 bits per heavy atom. The number of fused-ring (bicyclic) bond motifs is 25. The molecule has 0 bridgehead atoms. The van der Waals surface area contributed by atoms with Crippen LogP contribution in [0.3, 0.4) is 0 Å². The molecule has 1 N–H and O–H groups in total. The molecule has 138 heavy (non-hydrogen) atoms. The highest BCUT2D eigenvalue weighted by Gasteiger charge is 2.64. The predicted octanol–water partition coefficient (Wildman–Crippen LogP) is 28.3. The third kappa shape index (κ3) is 15.7. The van der Waals surface area contributed by atoms with Crippen molar-refractivity contribution in [3.8, 4) is 17.2 Å². The lowest BCUT2D eigenvalue weighted by atomic mass is 9.44.